The van der Waals surface area contributed by atoms with Gasteiger partial charge in [0.1, 0.15) is 15.7 Å². The number of nitrogens with two attached hydrogens (primary N) is 1. The summed E-state index contributed by atoms with van der Waals surface area (Å²) in [6, 6.07) is 15.9. The van der Waals surface area contributed by atoms with Crippen molar-refractivity contribution in [1.29, 1.82) is 0 Å². The van der Waals surface area contributed by atoms with Gasteiger partial charge in [-0.3, -0.25) is 0 Å². The fraction of sp³-hybridized carbons (Fsp3) is 0.188. The number of aryl methyl sites for hydroxylation is 1. The van der Waals surface area contributed by atoms with Crippen molar-refractivity contribution in [3.8, 4) is 33.7 Å². The summed E-state index contributed by atoms with van der Waals surface area (Å²) >= 11 is 2.91. The molecular formula is C32H26FN3O4S3. The molecule has 0 atom stereocenters. The van der Waals surface area contributed by atoms with Crippen LogP contribution in [-0.2, 0) is 23.0 Å². The van der Waals surface area contributed by atoms with Crippen LogP contribution in [0, 0.1) is 30.5 Å². The first-order chi connectivity index (χ1) is 20.5. The topological polar surface area (TPSA) is 115 Å². The van der Waals surface area contributed by atoms with E-state index < -0.39 is 26.7 Å². The molecule has 7 nitrogen and oxygen atoms in total. The van der Waals surface area contributed by atoms with Crippen molar-refractivity contribution in [3.63, 3.8) is 0 Å². The lowest BCUT2D eigenvalue weighted by Gasteiger charge is -2.15. The Morgan fingerprint density at radius 2 is 1.88 bits per heavy atom. The lowest BCUT2D eigenvalue weighted by atomic mass is 9.99. The van der Waals surface area contributed by atoms with E-state index >= 15 is 0 Å². The second-order valence-electron chi connectivity index (χ2n) is 10.6. The third-order valence-electron chi connectivity index (χ3n) is 7.22. The summed E-state index contributed by atoms with van der Waals surface area (Å²) < 4.78 is 40.6. The molecule has 1 fully saturated rings. The predicted octanol–water partition coefficient (Wildman–Crippen LogP) is 6.53. The third kappa shape index (κ3) is 6.48. The number of aromatic nitrogens is 2. The van der Waals surface area contributed by atoms with E-state index in [1.165, 1.54) is 33.7 Å². The highest BCUT2D eigenvalue weighted by atomic mass is 32.2. The van der Waals surface area contributed by atoms with Crippen molar-refractivity contribution < 1.29 is 22.7 Å². The Bertz CT molecular complexity index is 2040. The van der Waals surface area contributed by atoms with Crippen molar-refractivity contribution in [2.24, 2.45) is 11.1 Å². The van der Waals surface area contributed by atoms with Crippen molar-refractivity contribution in [3.05, 3.63) is 104 Å². The fourth-order valence-electron chi connectivity index (χ4n) is 4.96. The number of aromatic carboxylic acids is 1. The van der Waals surface area contributed by atoms with Gasteiger partial charge in [-0.2, -0.15) is 0 Å². The molecule has 1 saturated carbocycles. The molecule has 0 unspecified atom stereocenters. The number of primary sulfonamides is 1. The molecule has 1 aliphatic carbocycles. The molecule has 2 aromatic carbocycles. The molecule has 6 rings (SSSR count). The maximum Gasteiger partial charge on any atom is 0.355 e. The van der Waals surface area contributed by atoms with Crippen LogP contribution < -0.4 is 5.14 Å². The molecule has 0 bridgehead atoms. The number of thiophene rings is 1. The summed E-state index contributed by atoms with van der Waals surface area (Å²) in [4.78, 5) is 16.7. The number of thiazole rings is 1. The van der Waals surface area contributed by atoms with Gasteiger partial charge in [-0.25, -0.2) is 27.7 Å². The van der Waals surface area contributed by atoms with E-state index in [0.717, 1.165) is 46.5 Å². The number of carbonyl (C=O) groups is 1. The number of carboxylic acids is 1. The summed E-state index contributed by atoms with van der Waals surface area (Å²) in [7, 11) is -4.20. The van der Waals surface area contributed by atoms with Crippen LogP contribution in [0.4, 0.5) is 4.39 Å². The number of rotatable bonds is 8. The molecule has 0 aliphatic heterocycles. The standard InChI is InChI=1S/C32H26FN3O4S3/c1-19-11-23(17-41-19)8-5-20-3-2-4-24(12-20)25-15-29(31-35-27(18-42-31)32(37)38)36(16-21-6-7-21)28(25)14-22-9-10-30(26(33)13-22)43(34,39)40/h2-4,9-13,15,17-18,21H,6-7,14,16H2,1H3,(H,37,38)(H2,34,39,40). The van der Waals surface area contributed by atoms with Gasteiger partial charge >= 0.3 is 5.97 Å². The van der Waals surface area contributed by atoms with Gasteiger partial charge in [0.15, 0.2) is 5.69 Å². The van der Waals surface area contributed by atoms with Gasteiger partial charge in [0.05, 0.1) is 5.69 Å². The Morgan fingerprint density at radius 3 is 2.53 bits per heavy atom. The van der Waals surface area contributed by atoms with Gasteiger partial charge in [-0.1, -0.05) is 30.0 Å². The van der Waals surface area contributed by atoms with E-state index in [9.17, 15) is 22.7 Å². The summed E-state index contributed by atoms with van der Waals surface area (Å²) in [6.45, 7) is 2.74. The molecule has 3 aromatic heterocycles. The lowest BCUT2D eigenvalue weighted by molar-refractivity contribution is 0.0691. The van der Waals surface area contributed by atoms with Gasteiger partial charge in [0, 0.05) is 51.0 Å². The average molecular weight is 632 g/mol. The zero-order chi connectivity index (χ0) is 30.3. The number of sulfonamides is 1. The number of benzene rings is 2. The monoisotopic (exact) mass is 631 g/mol. The zero-order valence-corrected chi connectivity index (χ0v) is 25.5. The van der Waals surface area contributed by atoms with E-state index in [2.05, 4.69) is 21.4 Å². The normalized spacial score (nSPS) is 13.1. The van der Waals surface area contributed by atoms with Crippen LogP contribution in [-0.4, -0.2) is 29.0 Å². The molecule has 0 amide bonds. The first-order valence-electron chi connectivity index (χ1n) is 13.5. The Morgan fingerprint density at radius 1 is 1.09 bits per heavy atom. The van der Waals surface area contributed by atoms with E-state index in [-0.39, 0.29) is 5.69 Å². The first-order valence-corrected chi connectivity index (χ1v) is 16.8. The summed E-state index contributed by atoms with van der Waals surface area (Å²) in [5, 5.41) is 18.8. The number of hydrogen-bond acceptors (Lipinski definition) is 6. The molecule has 218 valence electrons. The number of hydrogen-bond donors (Lipinski definition) is 2. The van der Waals surface area contributed by atoms with Crippen molar-refractivity contribution in [1.82, 2.24) is 9.55 Å². The molecule has 3 N–H and O–H groups in total. The van der Waals surface area contributed by atoms with E-state index in [1.54, 1.807) is 17.4 Å². The maximum absolute atomic E-state index is 14.9. The Balaban J connectivity index is 1.49. The van der Waals surface area contributed by atoms with Crippen LogP contribution in [0.1, 0.15) is 50.6 Å². The summed E-state index contributed by atoms with van der Waals surface area (Å²) in [5.41, 5.74) is 5.77. The third-order valence-corrected chi connectivity index (χ3v) is 9.89. The highest BCUT2D eigenvalue weighted by Gasteiger charge is 2.28. The SMILES string of the molecule is Cc1cc(C#Cc2cccc(-c3cc(-c4nc(C(=O)O)cs4)n(CC4CC4)c3Cc3ccc(S(N)(=O)=O)c(F)c3)c2)cs1. The first kappa shape index (κ1) is 29.0. The van der Waals surface area contributed by atoms with Gasteiger partial charge in [-0.15, -0.1) is 22.7 Å². The van der Waals surface area contributed by atoms with Gasteiger partial charge in [-0.05, 0) is 73.2 Å². The van der Waals surface area contributed by atoms with Crippen LogP contribution in [0.25, 0.3) is 21.8 Å². The minimum Gasteiger partial charge on any atom is -0.476 e. The number of carboxylic acid groups (broad SMARTS) is 1. The largest absolute Gasteiger partial charge is 0.476 e. The molecular weight excluding hydrogens is 606 g/mol. The maximum atomic E-state index is 14.9. The van der Waals surface area contributed by atoms with Gasteiger partial charge < -0.3 is 9.67 Å². The van der Waals surface area contributed by atoms with Crippen molar-refractivity contribution in [2.45, 2.75) is 37.6 Å². The summed E-state index contributed by atoms with van der Waals surface area (Å²) in [5.74, 6) is 4.93. The van der Waals surface area contributed by atoms with Crippen LogP contribution in [0.2, 0.25) is 0 Å². The average Bonchev–Trinajstić information content (AvgIpc) is 3.30. The Labute approximate surface area is 256 Å². The van der Waals surface area contributed by atoms with Gasteiger partial charge in [0.25, 0.3) is 0 Å². The quantitative estimate of drug-likeness (QED) is 0.189. The molecule has 3 heterocycles. The van der Waals surface area contributed by atoms with Crippen molar-refractivity contribution in [2.75, 3.05) is 0 Å². The van der Waals surface area contributed by atoms with Crippen molar-refractivity contribution >= 4 is 38.7 Å². The zero-order valence-electron chi connectivity index (χ0n) is 23.0. The molecule has 43 heavy (non-hydrogen) atoms. The highest BCUT2D eigenvalue weighted by molar-refractivity contribution is 7.89. The molecule has 1 aliphatic rings. The number of nitrogens with zero attached hydrogens (tertiary/aromatic N) is 2. The minimum absolute atomic E-state index is 0.0242. The lowest BCUT2D eigenvalue weighted by Crippen LogP contribution is -2.14. The van der Waals surface area contributed by atoms with Crippen LogP contribution >= 0.6 is 22.7 Å². The number of halogens is 1. The fourth-order valence-corrected chi connectivity index (χ4v) is 7.00. The molecule has 0 radical (unpaired) electrons. The molecule has 0 spiro atoms. The highest BCUT2D eigenvalue weighted by Crippen LogP contribution is 2.40. The second kappa shape index (κ2) is 11.5. The molecule has 0 saturated heterocycles. The summed E-state index contributed by atoms with van der Waals surface area (Å²) in [6.07, 6.45) is 2.45. The molecule has 11 heteroatoms. The molecule has 5 aromatic rings. The smallest absolute Gasteiger partial charge is 0.355 e. The second-order valence-corrected chi connectivity index (χ2v) is 14.1. The van der Waals surface area contributed by atoms with Crippen LogP contribution in [0.3, 0.4) is 0 Å². The Kier molecular flexibility index (Phi) is 7.79. The minimum atomic E-state index is -4.20. The van der Waals surface area contributed by atoms with E-state index in [1.807, 2.05) is 48.7 Å². The van der Waals surface area contributed by atoms with Gasteiger partial charge in [0.2, 0.25) is 10.0 Å². The Hall–Kier alpha value is -4.08. The van der Waals surface area contributed by atoms with Crippen LogP contribution in [0.15, 0.2) is 70.3 Å². The van der Waals surface area contributed by atoms with Crippen LogP contribution in [0.5, 0.6) is 0 Å². The van der Waals surface area contributed by atoms with E-state index in [0.29, 0.717) is 29.5 Å². The van der Waals surface area contributed by atoms with E-state index in [4.69, 9.17) is 5.14 Å². The predicted molar refractivity (Wildman–Crippen MR) is 166 cm³/mol.